The molecule has 5 nitrogen and oxygen atoms in total. The van der Waals surface area contributed by atoms with Crippen LogP contribution in [0.5, 0.6) is 0 Å². The monoisotopic (exact) mass is 331 g/mol. The van der Waals surface area contributed by atoms with Gasteiger partial charge in [0.15, 0.2) is 5.82 Å². The Kier molecular flexibility index (Phi) is 4.30. The van der Waals surface area contributed by atoms with Crippen molar-refractivity contribution >= 4 is 22.7 Å². The third kappa shape index (κ3) is 3.75. The van der Waals surface area contributed by atoms with Crippen molar-refractivity contribution in [3.05, 3.63) is 36.3 Å². The number of pyridine rings is 1. The lowest BCUT2D eigenvalue weighted by molar-refractivity contribution is 0.0293. The average molecular weight is 331 g/mol. The smallest absolute Gasteiger partial charge is 0.410 e. The fourth-order valence-corrected chi connectivity index (χ4v) is 2.84. The standard InChI is InChI=1S/C18H22FN3O2/c1-18(2,3)24-17(23)22-8-6-13(11-22)21-14-9-12-5-4-7-20-16(12)15(19)10-14/h4-5,7,9-10,13,21H,6,8,11H2,1-3H3/t13-/m1/s1. The van der Waals surface area contributed by atoms with E-state index in [2.05, 4.69) is 10.3 Å². The summed E-state index contributed by atoms with van der Waals surface area (Å²) in [6, 6.07) is 7.02. The van der Waals surface area contributed by atoms with Gasteiger partial charge >= 0.3 is 6.09 Å². The number of nitrogens with zero attached hydrogens (tertiary/aromatic N) is 2. The van der Waals surface area contributed by atoms with Gasteiger partial charge in [0.1, 0.15) is 11.1 Å². The van der Waals surface area contributed by atoms with Crippen molar-refractivity contribution in [3.63, 3.8) is 0 Å². The molecule has 1 atom stereocenters. The van der Waals surface area contributed by atoms with E-state index in [-0.39, 0.29) is 18.0 Å². The van der Waals surface area contributed by atoms with Crippen LogP contribution in [0.2, 0.25) is 0 Å². The summed E-state index contributed by atoms with van der Waals surface area (Å²) in [5, 5.41) is 4.06. The topological polar surface area (TPSA) is 54.5 Å². The number of rotatable bonds is 2. The van der Waals surface area contributed by atoms with Crippen molar-refractivity contribution < 1.29 is 13.9 Å². The van der Waals surface area contributed by atoms with Crippen molar-refractivity contribution in [3.8, 4) is 0 Å². The summed E-state index contributed by atoms with van der Waals surface area (Å²) < 4.78 is 19.5. The van der Waals surface area contributed by atoms with Gasteiger partial charge in [-0.25, -0.2) is 9.18 Å². The summed E-state index contributed by atoms with van der Waals surface area (Å²) in [5.41, 5.74) is 0.561. The van der Waals surface area contributed by atoms with E-state index in [1.807, 2.05) is 32.9 Å². The largest absolute Gasteiger partial charge is 0.444 e. The Bertz CT molecular complexity index is 758. The maximum Gasteiger partial charge on any atom is 0.410 e. The second kappa shape index (κ2) is 6.26. The lowest BCUT2D eigenvalue weighted by Crippen LogP contribution is -2.36. The fourth-order valence-electron chi connectivity index (χ4n) is 2.84. The molecule has 0 bridgehead atoms. The minimum atomic E-state index is -0.503. The molecule has 1 aliphatic heterocycles. The number of carbonyl (C=O) groups excluding carboxylic acids is 1. The Hall–Kier alpha value is -2.37. The normalized spacial score (nSPS) is 18.0. The second-order valence-electron chi connectivity index (χ2n) is 7.09. The van der Waals surface area contributed by atoms with E-state index in [0.29, 0.717) is 24.3 Å². The summed E-state index contributed by atoms with van der Waals surface area (Å²) in [6.45, 7) is 6.72. The lowest BCUT2D eigenvalue weighted by Gasteiger charge is -2.24. The number of nitrogens with one attached hydrogen (secondary N) is 1. The Balaban J connectivity index is 1.66. The summed E-state index contributed by atoms with van der Waals surface area (Å²) in [4.78, 5) is 17.8. The van der Waals surface area contributed by atoms with Gasteiger partial charge in [-0.3, -0.25) is 4.98 Å². The van der Waals surface area contributed by atoms with E-state index < -0.39 is 5.60 Å². The quantitative estimate of drug-likeness (QED) is 0.909. The van der Waals surface area contributed by atoms with Crippen LogP contribution in [0.4, 0.5) is 14.9 Å². The molecular weight excluding hydrogens is 309 g/mol. The van der Waals surface area contributed by atoms with Crippen LogP contribution in [0.3, 0.4) is 0 Å². The average Bonchev–Trinajstić information content (AvgIpc) is 2.94. The highest BCUT2D eigenvalue weighted by molar-refractivity contribution is 5.82. The van der Waals surface area contributed by atoms with Gasteiger partial charge in [0.2, 0.25) is 0 Å². The molecule has 2 aromatic rings. The number of benzene rings is 1. The van der Waals surface area contributed by atoms with Gasteiger partial charge in [0.25, 0.3) is 0 Å². The predicted molar refractivity (Wildman–Crippen MR) is 91.5 cm³/mol. The first-order valence-corrected chi connectivity index (χ1v) is 8.10. The first kappa shape index (κ1) is 16.5. The molecule has 24 heavy (non-hydrogen) atoms. The highest BCUT2D eigenvalue weighted by Gasteiger charge is 2.29. The molecule has 1 amide bonds. The van der Waals surface area contributed by atoms with Gasteiger partial charge in [0.05, 0.1) is 0 Å². The number of ether oxygens (including phenoxy) is 1. The molecule has 0 saturated carbocycles. The van der Waals surface area contributed by atoms with Crippen molar-refractivity contribution in [1.29, 1.82) is 0 Å². The summed E-state index contributed by atoms with van der Waals surface area (Å²) in [7, 11) is 0. The Morgan fingerprint density at radius 1 is 1.42 bits per heavy atom. The highest BCUT2D eigenvalue weighted by atomic mass is 19.1. The number of halogens is 1. The van der Waals surface area contributed by atoms with E-state index in [9.17, 15) is 9.18 Å². The van der Waals surface area contributed by atoms with Gasteiger partial charge < -0.3 is 15.0 Å². The number of hydrogen-bond donors (Lipinski definition) is 1. The number of hydrogen-bond acceptors (Lipinski definition) is 4. The molecule has 3 rings (SSSR count). The molecular formula is C18H22FN3O2. The maximum atomic E-state index is 14.1. The first-order valence-electron chi connectivity index (χ1n) is 8.10. The SMILES string of the molecule is CC(C)(C)OC(=O)N1CC[C@@H](Nc2cc(F)c3ncccc3c2)C1. The Morgan fingerprint density at radius 3 is 2.96 bits per heavy atom. The van der Waals surface area contributed by atoms with E-state index in [0.717, 1.165) is 11.8 Å². The molecule has 0 spiro atoms. The molecule has 1 aromatic heterocycles. The molecule has 0 unspecified atom stereocenters. The molecule has 1 fully saturated rings. The van der Waals surface area contributed by atoms with Gasteiger partial charge in [-0.05, 0) is 45.4 Å². The van der Waals surface area contributed by atoms with Crippen LogP contribution in [0.1, 0.15) is 27.2 Å². The second-order valence-corrected chi connectivity index (χ2v) is 7.09. The number of anilines is 1. The maximum absolute atomic E-state index is 14.1. The van der Waals surface area contributed by atoms with Gasteiger partial charge in [0, 0.05) is 36.4 Å². The molecule has 1 aromatic carbocycles. The summed E-state index contributed by atoms with van der Waals surface area (Å²) in [5.74, 6) is -0.349. The van der Waals surface area contributed by atoms with Crippen molar-refractivity contribution in [2.45, 2.75) is 38.8 Å². The highest BCUT2D eigenvalue weighted by Crippen LogP contribution is 2.24. The minimum absolute atomic E-state index is 0.0750. The van der Waals surface area contributed by atoms with Crippen molar-refractivity contribution in [2.24, 2.45) is 0 Å². The molecule has 128 valence electrons. The Labute approximate surface area is 140 Å². The predicted octanol–water partition coefficient (Wildman–Crippen LogP) is 3.80. The van der Waals surface area contributed by atoms with Gasteiger partial charge in [-0.2, -0.15) is 0 Å². The van der Waals surface area contributed by atoms with Crippen LogP contribution in [0.25, 0.3) is 10.9 Å². The molecule has 0 radical (unpaired) electrons. The zero-order valence-corrected chi connectivity index (χ0v) is 14.2. The number of aromatic nitrogens is 1. The van der Waals surface area contributed by atoms with Crippen LogP contribution in [0.15, 0.2) is 30.5 Å². The van der Waals surface area contributed by atoms with Crippen LogP contribution in [-0.4, -0.2) is 40.7 Å². The zero-order valence-electron chi connectivity index (χ0n) is 14.2. The van der Waals surface area contributed by atoms with E-state index in [1.54, 1.807) is 17.2 Å². The summed E-state index contributed by atoms with van der Waals surface area (Å²) >= 11 is 0. The van der Waals surface area contributed by atoms with Crippen molar-refractivity contribution in [2.75, 3.05) is 18.4 Å². The zero-order chi connectivity index (χ0) is 17.3. The third-order valence-electron chi connectivity index (χ3n) is 3.87. The molecule has 6 heteroatoms. The molecule has 2 heterocycles. The van der Waals surface area contributed by atoms with Gasteiger partial charge in [-0.1, -0.05) is 6.07 Å². The van der Waals surface area contributed by atoms with Crippen LogP contribution in [-0.2, 0) is 4.74 Å². The van der Waals surface area contributed by atoms with Gasteiger partial charge in [-0.15, -0.1) is 0 Å². The summed E-state index contributed by atoms with van der Waals surface area (Å²) in [6.07, 6.45) is 2.07. The number of carbonyl (C=O) groups is 1. The number of amides is 1. The minimum Gasteiger partial charge on any atom is -0.444 e. The van der Waals surface area contributed by atoms with E-state index in [1.165, 1.54) is 6.07 Å². The van der Waals surface area contributed by atoms with Crippen LogP contribution in [0, 0.1) is 5.82 Å². The molecule has 1 aliphatic rings. The number of fused-ring (bicyclic) bond motifs is 1. The lowest BCUT2D eigenvalue weighted by atomic mass is 10.1. The number of likely N-dealkylation sites (tertiary alicyclic amines) is 1. The fraction of sp³-hybridized carbons (Fsp3) is 0.444. The van der Waals surface area contributed by atoms with E-state index >= 15 is 0 Å². The van der Waals surface area contributed by atoms with Crippen molar-refractivity contribution in [1.82, 2.24) is 9.88 Å². The van der Waals surface area contributed by atoms with Crippen LogP contribution >= 0.6 is 0 Å². The Morgan fingerprint density at radius 2 is 2.21 bits per heavy atom. The van der Waals surface area contributed by atoms with Crippen LogP contribution < -0.4 is 5.32 Å². The third-order valence-corrected chi connectivity index (χ3v) is 3.87. The van der Waals surface area contributed by atoms with E-state index in [4.69, 9.17) is 4.74 Å². The first-order chi connectivity index (χ1) is 11.3. The molecule has 1 N–H and O–H groups in total. The molecule has 0 aliphatic carbocycles. The molecule has 1 saturated heterocycles.